The van der Waals surface area contributed by atoms with Gasteiger partial charge in [-0.3, -0.25) is 4.98 Å². The Morgan fingerprint density at radius 3 is 2.91 bits per heavy atom. The van der Waals surface area contributed by atoms with E-state index in [1.807, 2.05) is 24.0 Å². The summed E-state index contributed by atoms with van der Waals surface area (Å²) in [5.41, 5.74) is 4.80. The van der Waals surface area contributed by atoms with E-state index in [0.29, 0.717) is 0 Å². The van der Waals surface area contributed by atoms with Crippen LogP contribution in [0.15, 0.2) is 65.8 Å². The predicted octanol–water partition coefficient (Wildman–Crippen LogP) is 5.40. The molecule has 0 spiro atoms. The fourth-order valence-corrected chi connectivity index (χ4v) is 4.56. The molecule has 0 radical (unpaired) electrons. The van der Waals surface area contributed by atoms with Gasteiger partial charge in [-0.05, 0) is 23.3 Å². The molecule has 1 aromatic heterocycles. The fourth-order valence-electron chi connectivity index (χ4n) is 2.51. The van der Waals surface area contributed by atoms with Gasteiger partial charge in [-0.25, -0.2) is 4.99 Å². The van der Waals surface area contributed by atoms with E-state index in [-0.39, 0.29) is 0 Å². The molecule has 2 heterocycles. The number of para-hydroxylation sites is 2. The quantitative estimate of drug-likeness (QED) is 0.631. The molecule has 108 valence electrons. The van der Waals surface area contributed by atoms with Crippen LogP contribution in [-0.4, -0.2) is 9.36 Å². The van der Waals surface area contributed by atoms with Crippen molar-refractivity contribution < 1.29 is 0 Å². The maximum atomic E-state index is 4.76. The largest absolute Gasteiger partial charge is 0.256 e. The van der Waals surface area contributed by atoms with Crippen molar-refractivity contribution in [2.24, 2.45) is 4.99 Å². The number of fused-ring (bicyclic) bond motifs is 2. The van der Waals surface area contributed by atoms with Crippen molar-refractivity contribution in [1.82, 2.24) is 4.98 Å². The Balaban J connectivity index is 1.57. The van der Waals surface area contributed by atoms with Gasteiger partial charge in [-0.2, -0.15) is 0 Å². The number of benzene rings is 2. The lowest BCUT2D eigenvalue weighted by molar-refractivity contribution is 1.35. The van der Waals surface area contributed by atoms with E-state index >= 15 is 0 Å². The monoisotopic (exact) mass is 322 g/mol. The molecule has 0 aliphatic carbocycles. The van der Waals surface area contributed by atoms with Crippen molar-refractivity contribution in [3.05, 3.63) is 71.9 Å². The van der Waals surface area contributed by atoms with Gasteiger partial charge in [0.05, 0.1) is 11.2 Å². The van der Waals surface area contributed by atoms with E-state index in [2.05, 4.69) is 53.5 Å². The Labute approximate surface area is 138 Å². The molecule has 0 atom stereocenters. The molecule has 3 aromatic rings. The highest BCUT2D eigenvalue weighted by molar-refractivity contribution is 8.38. The average Bonchev–Trinajstić information content (AvgIpc) is 2.60. The van der Waals surface area contributed by atoms with E-state index in [0.717, 1.165) is 27.1 Å². The zero-order valence-electron chi connectivity index (χ0n) is 11.9. The minimum Gasteiger partial charge on any atom is -0.256 e. The summed E-state index contributed by atoms with van der Waals surface area (Å²) in [6.07, 6.45) is 1.86. The van der Waals surface area contributed by atoms with Crippen LogP contribution in [0.5, 0.6) is 0 Å². The van der Waals surface area contributed by atoms with E-state index in [1.54, 1.807) is 11.8 Å². The number of rotatable bonds is 2. The molecule has 0 amide bonds. The highest BCUT2D eigenvalue weighted by Gasteiger charge is 2.13. The molecule has 0 fully saturated rings. The van der Waals surface area contributed by atoms with Gasteiger partial charge in [0.15, 0.2) is 0 Å². The summed E-state index contributed by atoms with van der Waals surface area (Å²) < 4.78 is 1.15. The van der Waals surface area contributed by atoms with Gasteiger partial charge in [-0.15, -0.1) is 0 Å². The van der Waals surface area contributed by atoms with Crippen LogP contribution >= 0.6 is 23.5 Å². The molecular formula is C18H14N2S2. The summed E-state index contributed by atoms with van der Waals surface area (Å²) >= 11 is 3.62. The Kier molecular flexibility index (Phi) is 3.87. The number of nitrogens with zero attached hydrogens (tertiary/aromatic N) is 2. The van der Waals surface area contributed by atoms with Crippen LogP contribution in [0.1, 0.15) is 11.1 Å². The molecule has 1 aliphatic heterocycles. The first-order valence-corrected chi connectivity index (χ1v) is 9.12. The van der Waals surface area contributed by atoms with Crippen LogP contribution in [0, 0.1) is 0 Å². The third kappa shape index (κ3) is 2.76. The highest BCUT2D eigenvalue weighted by Crippen LogP contribution is 2.35. The first-order valence-electron chi connectivity index (χ1n) is 7.15. The third-order valence-electron chi connectivity index (χ3n) is 3.62. The summed E-state index contributed by atoms with van der Waals surface area (Å²) in [5, 5.41) is 1.20. The van der Waals surface area contributed by atoms with Crippen LogP contribution in [-0.2, 0) is 11.5 Å². The molecule has 1 aliphatic rings. The Hall–Kier alpha value is -1.78. The van der Waals surface area contributed by atoms with Gasteiger partial charge in [0.1, 0.15) is 4.38 Å². The molecular weight excluding hydrogens is 308 g/mol. The lowest BCUT2D eigenvalue weighted by Crippen LogP contribution is -1.96. The van der Waals surface area contributed by atoms with Gasteiger partial charge in [0.25, 0.3) is 0 Å². The lowest BCUT2D eigenvalue weighted by Gasteiger charge is -2.14. The minimum atomic E-state index is 0.905. The smallest absolute Gasteiger partial charge is 0.131 e. The second-order valence-corrected chi connectivity index (χ2v) is 7.26. The molecule has 0 bridgehead atoms. The Morgan fingerprint density at radius 1 is 1.00 bits per heavy atom. The maximum absolute atomic E-state index is 4.76. The zero-order valence-corrected chi connectivity index (χ0v) is 13.5. The molecule has 0 unspecified atom stereocenters. The fraction of sp³-hybridized carbons (Fsp3) is 0.111. The van der Waals surface area contributed by atoms with E-state index in [4.69, 9.17) is 4.99 Å². The number of aromatic nitrogens is 1. The second-order valence-electron chi connectivity index (χ2n) is 5.08. The zero-order chi connectivity index (χ0) is 14.8. The lowest BCUT2D eigenvalue weighted by atomic mass is 10.1. The van der Waals surface area contributed by atoms with Gasteiger partial charge in [0, 0.05) is 23.1 Å². The summed E-state index contributed by atoms with van der Waals surface area (Å²) in [4.78, 5) is 9.28. The standard InChI is InChI=1S/C18H14N2S2/c1-2-9-16-14(5-1)11-21-18(20-16)22-12-15-7-3-6-13-8-4-10-19-17(13)15/h1-10H,11-12H2. The predicted molar refractivity (Wildman–Crippen MR) is 97.9 cm³/mol. The van der Waals surface area contributed by atoms with Gasteiger partial charge < -0.3 is 0 Å². The maximum Gasteiger partial charge on any atom is 0.131 e. The SMILES string of the molecule is c1ccc2c(c1)CSC(SCc1cccc3cccnc13)=N2. The van der Waals surface area contributed by atoms with E-state index < -0.39 is 0 Å². The summed E-state index contributed by atoms with van der Waals surface area (Å²) in [5.74, 6) is 1.91. The highest BCUT2D eigenvalue weighted by atomic mass is 32.2. The molecule has 0 saturated heterocycles. The van der Waals surface area contributed by atoms with Crippen molar-refractivity contribution >= 4 is 44.5 Å². The van der Waals surface area contributed by atoms with Crippen molar-refractivity contribution in [1.29, 1.82) is 0 Å². The first-order chi connectivity index (χ1) is 10.9. The molecule has 0 N–H and O–H groups in total. The Bertz CT molecular complexity index is 853. The second kappa shape index (κ2) is 6.15. The average molecular weight is 322 g/mol. The van der Waals surface area contributed by atoms with Crippen molar-refractivity contribution in [2.75, 3.05) is 0 Å². The summed E-state index contributed by atoms with van der Waals surface area (Å²) in [7, 11) is 0. The molecule has 0 saturated carbocycles. The normalized spacial score (nSPS) is 13.7. The van der Waals surface area contributed by atoms with Crippen LogP contribution in [0.25, 0.3) is 10.9 Å². The molecule has 22 heavy (non-hydrogen) atoms. The summed E-state index contributed by atoms with van der Waals surface area (Å²) in [6.45, 7) is 0. The minimum absolute atomic E-state index is 0.905. The van der Waals surface area contributed by atoms with Gasteiger partial charge in [0.2, 0.25) is 0 Å². The number of hydrogen-bond acceptors (Lipinski definition) is 4. The van der Waals surface area contributed by atoms with Crippen LogP contribution in [0.4, 0.5) is 5.69 Å². The van der Waals surface area contributed by atoms with Gasteiger partial charge >= 0.3 is 0 Å². The van der Waals surface area contributed by atoms with Gasteiger partial charge in [-0.1, -0.05) is 66.0 Å². The number of aliphatic imine (C=N–C) groups is 1. The van der Waals surface area contributed by atoms with Crippen molar-refractivity contribution in [3.8, 4) is 0 Å². The number of pyridine rings is 1. The summed E-state index contributed by atoms with van der Waals surface area (Å²) in [6, 6.07) is 18.8. The van der Waals surface area contributed by atoms with E-state index in [1.165, 1.54) is 16.5 Å². The molecule has 4 rings (SSSR count). The molecule has 2 aromatic carbocycles. The molecule has 4 heteroatoms. The van der Waals surface area contributed by atoms with Crippen molar-refractivity contribution in [2.45, 2.75) is 11.5 Å². The molecule has 2 nitrogen and oxygen atoms in total. The number of thioether (sulfide) groups is 2. The third-order valence-corrected chi connectivity index (χ3v) is 5.92. The van der Waals surface area contributed by atoms with Crippen LogP contribution in [0.3, 0.4) is 0 Å². The van der Waals surface area contributed by atoms with Crippen LogP contribution in [0.2, 0.25) is 0 Å². The van der Waals surface area contributed by atoms with E-state index in [9.17, 15) is 0 Å². The first kappa shape index (κ1) is 13.9. The topological polar surface area (TPSA) is 25.2 Å². The van der Waals surface area contributed by atoms with Crippen molar-refractivity contribution in [3.63, 3.8) is 0 Å². The van der Waals surface area contributed by atoms with Crippen LogP contribution < -0.4 is 0 Å². The number of hydrogen-bond donors (Lipinski definition) is 0. The Morgan fingerprint density at radius 2 is 1.91 bits per heavy atom.